The van der Waals surface area contributed by atoms with Gasteiger partial charge in [0, 0.05) is 34.4 Å². The Balaban J connectivity index is 0.000000204. The van der Waals surface area contributed by atoms with Crippen LogP contribution in [-0.2, 0) is 60.0 Å². The fourth-order valence-electron chi connectivity index (χ4n) is 7.23. The van der Waals surface area contributed by atoms with Crippen LogP contribution in [0, 0.1) is 17.5 Å². The molecule has 2 N–H and O–H groups in total. The average molecular weight is 1270 g/mol. The van der Waals surface area contributed by atoms with E-state index in [0.717, 1.165) is 89.7 Å². The zero-order valence-electron chi connectivity index (χ0n) is 49.2. The number of hydrogen-bond donors (Lipinski definition) is 2. The normalized spacial score (nSPS) is 12.9. The fourth-order valence-corrected chi connectivity index (χ4v) is 13.9. The van der Waals surface area contributed by atoms with Gasteiger partial charge in [0.2, 0.25) is 5.76 Å². The van der Waals surface area contributed by atoms with Crippen molar-refractivity contribution in [2.24, 2.45) is 0 Å². The van der Waals surface area contributed by atoms with Crippen molar-refractivity contribution in [3.63, 3.8) is 0 Å². The van der Waals surface area contributed by atoms with E-state index in [1.807, 2.05) is 40.7 Å². The molecule has 0 aliphatic rings. The molecule has 0 saturated heterocycles. The third kappa shape index (κ3) is 14.2. The van der Waals surface area contributed by atoms with E-state index in [9.17, 15) is 53.1 Å². The van der Waals surface area contributed by atoms with Gasteiger partial charge in [-0.05, 0) is 127 Å². The van der Waals surface area contributed by atoms with Crippen LogP contribution in [0.5, 0.6) is 0 Å². The van der Waals surface area contributed by atoms with Crippen LogP contribution >= 0.6 is 22.7 Å². The van der Waals surface area contributed by atoms with Gasteiger partial charge in [-0.25, -0.2) is 38.4 Å². The molecule has 3 aromatic carbocycles. The molecule has 8 aromatic rings. The third-order valence-corrected chi connectivity index (χ3v) is 24.9. The minimum absolute atomic E-state index is 0.00213. The van der Waals surface area contributed by atoms with E-state index in [0.29, 0.717) is 37.9 Å². The fraction of sp³-hybridized carbons (Fsp3) is 0.421. The number of halogens is 3. The average Bonchev–Trinajstić information content (AvgIpc) is 3.51. The molecule has 85 heavy (non-hydrogen) atoms. The van der Waals surface area contributed by atoms with Crippen LogP contribution in [0.4, 0.5) is 13.2 Å². The standard InChI is InChI=1S/C20H25FN2O5S.C19H22FN3O3S2.C18H20FN3O4S2/c1-6-19(2,3)16-11-15(28-23-16)18(25)22-12-17(24)20(4,5)29(26,27)14-9-7-13(21)8-10-14;1-6-18(2,3)15-11-14(26-23-15)16-21-22-17(27-16)19(4,5)28(24,25)13-9-7-12(20)8-10-13;1-17(2,10-23)14-9-13(26-22-14)15-20-21-16(27-15)18(3,4)28(24,25)12-7-5-11(19)6-8-12/h7-11H,6,12H2,1-5H3,(H,22,25);7-11H,6H2,1-5H3;5-9,23H,10H2,1-4H3. The minimum Gasteiger partial charge on any atom is -0.395 e. The number of nitrogens with zero attached hydrogens (tertiary/aromatic N) is 7. The lowest BCUT2D eigenvalue weighted by Crippen LogP contribution is -2.46. The number of hydrogen-bond acceptors (Lipinski definition) is 21. The lowest BCUT2D eigenvalue weighted by Gasteiger charge is -2.23. The van der Waals surface area contributed by atoms with Crippen molar-refractivity contribution in [2.75, 3.05) is 13.2 Å². The maximum Gasteiger partial charge on any atom is 0.290 e. The van der Waals surface area contributed by atoms with E-state index in [-0.39, 0.29) is 42.9 Å². The number of sulfone groups is 3. The molecule has 458 valence electrons. The summed E-state index contributed by atoms with van der Waals surface area (Å²) in [6, 6.07) is 18.6. The van der Waals surface area contributed by atoms with Crippen LogP contribution in [-0.4, -0.2) is 95.8 Å². The van der Waals surface area contributed by atoms with Crippen LogP contribution in [0.3, 0.4) is 0 Å². The van der Waals surface area contributed by atoms with Gasteiger partial charge in [0.05, 0.1) is 44.9 Å². The van der Waals surface area contributed by atoms with Crippen molar-refractivity contribution in [3.8, 4) is 21.5 Å². The van der Waals surface area contributed by atoms with Gasteiger partial charge in [-0.15, -0.1) is 20.4 Å². The largest absolute Gasteiger partial charge is 0.395 e. The number of ketones is 1. The number of carbonyl (C=O) groups is 2. The predicted molar refractivity (Wildman–Crippen MR) is 312 cm³/mol. The Morgan fingerprint density at radius 2 is 0.847 bits per heavy atom. The Morgan fingerprint density at radius 1 is 0.506 bits per heavy atom. The van der Waals surface area contributed by atoms with Gasteiger partial charge in [-0.3, -0.25) is 9.59 Å². The van der Waals surface area contributed by atoms with Crippen molar-refractivity contribution in [1.82, 2.24) is 41.2 Å². The molecule has 0 unspecified atom stereocenters. The van der Waals surface area contributed by atoms with Crippen molar-refractivity contribution < 1.29 is 66.7 Å². The first kappa shape index (κ1) is 67.3. The molecule has 0 radical (unpaired) electrons. The van der Waals surface area contributed by atoms with E-state index in [1.165, 1.54) is 58.0 Å². The summed E-state index contributed by atoms with van der Waals surface area (Å²) in [5.74, 6) is -2.24. The first-order valence-electron chi connectivity index (χ1n) is 26.3. The molecule has 5 aromatic heterocycles. The summed E-state index contributed by atoms with van der Waals surface area (Å²) in [6.45, 7) is 23.8. The summed E-state index contributed by atoms with van der Waals surface area (Å²) >= 11 is 2.22. The number of carbonyl (C=O) groups excluding carboxylic acids is 2. The van der Waals surface area contributed by atoms with Crippen LogP contribution in [0.15, 0.2) is 119 Å². The molecule has 0 fully saturated rings. The van der Waals surface area contributed by atoms with Crippen LogP contribution in [0.2, 0.25) is 0 Å². The number of aliphatic hydroxyl groups excluding tert-OH is 1. The third-order valence-electron chi connectivity index (χ3n) is 14.8. The van der Waals surface area contributed by atoms with Crippen LogP contribution in [0.25, 0.3) is 21.5 Å². The number of Topliss-reactive ketones (excluding diaryl/α,β-unsaturated/α-hetero) is 1. The van der Waals surface area contributed by atoms with E-state index < -0.39 is 84.9 Å². The zero-order chi connectivity index (χ0) is 63.5. The Hall–Kier alpha value is -6.85. The van der Waals surface area contributed by atoms with E-state index in [1.54, 1.807) is 19.9 Å². The zero-order valence-corrected chi connectivity index (χ0v) is 53.3. The molecular formula is C57H67F3N8O12S5. The lowest BCUT2D eigenvalue weighted by atomic mass is 9.86. The molecular weight excluding hydrogens is 1210 g/mol. The molecule has 1 amide bonds. The summed E-state index contributed by atoms with van der Waals surface area (Å²) in [6.07, 6.45) is 1.68. The Kier molecular flexibility index (Phi) is 20.0. The Bertz CT molecular complexity index is 3820. The van der Waals surface area contributed by atoms with Gasteiger partial charge in [-0.1, -0.05) is 93.5 Å². The quantitative estimate of drug-likeness (QED) is 0.0670. The topological polar surface area (TPSA) is 298 Å². The summed E-state index contributed by atoms with van der Waals surface area (Å²) in [4.78, 5) is 24.7. The maximum atomic E-state index is 13.2. The second-order valence-electron chi connectivity index (χ2n) is 23.1. The molecule has 5 heterocycles. The smallest absolute Gasteiger partial charge is 0.290 e. The Morgan fingerprint density at radius 3 is 1.21 bits per heavy atom. The van der Waals surface area contributed by atoms with E-state index >= 15 is 0 Å². The highest BCUT2D eigenvalue weighted by Gasteiger charge is 2.44. The summed E-state index contributed by atoms with van der Waals surface area (Å²) in [7, 11) is -11.7. The SMILES string of the molecule is CC(C)(CO)c1cc(-c2nnc(C(C)(C)S(=O)(=O)c3ccc(F)cc3)s2)on1.CCC(C)(C)c1cc(-c2nnc(C(C)(C)S(=O)(=O)c3ccc(F)cc3)s2)on1.CCC(C)(C)c1cc(C(=O)NCC(=O)C(C)(C)S(=O)(=O)c2ccc(F)cc2)on1. The number of rotatable bonds is 20. The van der Waals surface area contributed by atoms with Crippen LogP contribution < -0.4 is 5.32 Å². The molecule has 0 bridgehead atoms. The first-order valence-corrected chi connectivity index (χ1v) is 32.4. The molecule has 0 aliphatic carbocycles. The molecule has 0 atom stereocenters. The summed E-state index contributed by atoms with van der Waals surface area (Å²) in [5, 5.41) is 41.5. The van der Waals surface area contributed by atoms with Crippen molar-refractivity contribution in [2.45, 2.75) is 155 Å². The summed E-state index contributed by atoms with van der Waals surface area (Å²) in [5.41, 5.74) is 0.972. The second-order valence-corrected chi connectivity index (χ2v) is 32.5. The number of aliphatic hydroxyl groups is 1. The highest BCUT2D eigenvalue weighted by atomic mass is 32.2. The van der Waals surface area contributed by atoms with E-state index in [2.05, 4.69) is 62.0 Å². The maximum absolute atomic E-state index is 13.2. The molecule has 8 rings (SSSR count). The monoisotopic (exact) mass is 1270 g/mol. The van der Waals surface area contributed by atoms with Gasteiger partial charge in [0.25, 0.3) is 5.91 Å². The van der Waals surface area contributed by atoms with Crippen LogP contribution in [0.1, 0.15) is 147 Å². The minimum atomic E-state index is -4.09. The highest BCUT2D eigenvalue weighted by Crippen LogP contribution is 2.41. The lowest BCUT2D eigenvalue weighted by molar-refractivity contribution is -0.119. The molecule has 0 spiro atoms. The van der Waals surface area contributed by atoms with Crippen molar-refractivity contribution in [1.29, 1.82) is 0 Å². The number of aromatic nitrogens is 7. The molecule has 0 saturated carbocycles. The van der Waals surface area contributed by atoms with Gasteiger partial charge in [0.1, 0.15) is 41.7 Å². The van der Waals surface area contributed by atoms with Crippen molar-refractivity contribution in [3.05, 3.63) is 141 Å². The molecule has 20 nitrogen and oxygen atoms in total. The molecule has 28 heteroatoms. The number of amides is 1. The highest BCUT2D eigenvalue weighted by molar-refractivity contribution is 7.93. The van der Waals surface area contributed by atoms with E-state index in [4.69, 9.17) is 13.6 Å². The molecule has 0 aliphatic heterocycles. The van der Waals surface area contributed by atoms with Gasteiger partial charge < -0.3 is 24.0 Å². The van der Waals surface area contributed by atoms with Gasteiger partial charge in [0.15, 0.2) is 56.8 Å². The Labute approximate surface area is 499 Å². The summed E-state index contributed by atoms with van der Waals surface area (Å²) < 4.78 is 128. The first-order chi connectivity index (χ1) is 39.3. The number of nitrogens with one attached hydrogen (secondary N) is 1. The van der Waals surface area contributed by atoms with Gasteiger partial charge >= 0.3 is 0 Å². The van der Waals surface area contributed by atoms with Gasteiger partial charge in [-0.2, -0.15) is 0 Å². The predicted octanol–water partition coefficient (Wildman–Crippen LogP) is 11.1. The second kappa shape index (κ2) is 25.2. The number of benzene rings is 3. The van der Waals surface area contributed by atoms with Crippen molar-refractivity contribution >= 4 is 63.9 Å².